The van der Waals surface area contributed by atoms with Crippen LogP contribution in [0.1, 0.15) is 12.5 Å². The summed E-state index contributed by atoms with van der Waals surface area (Å²) in [5, 5.41) is 0. The molecule has 3 N–H and O–H groups in total. The molecular formula is C8H11IN2. The summed E-state index contributed by atoms with van der Waals surface area (Å²) in [7, 11) is 0. The van der Waals surface area contributed by atoms with Crippen LogP contribution in [-0.2, 0) is 6.42 Å². The molecule has 0 aromatic heterocycles. The van der Waals surface area contributed by atoms with Gasteiger partial charge in [-0.1, -0.05) is 13.0 Å². The van der Waals surface area contributed by atoms with E-state index in [1.54, 1.807) is 0 Å². The van der Waals surface area contributed by atoms with Crippen LogP contribution in [0.5, 0.6) is 0 Å². The number of nitrogens with one attached hydrogen (secondary N) is 1. The van der Waals surface area contributed by atoms with Crippen LogP contribution in [0.25, 0.3) is 0 Å². The number of aryl methyl sites for hydroxylation is 1. The van der Waals surface area contributed by atoms with Gasteiger partial charge in [0.25, 0.3) is 0 Å². The minimum Gasteiger partial charge on any atom is -0.323 e. The molecule has 0 fully saturated rings. The van der Waals surface area contributed by atoms with Gasteiger partial charge in [0.05, 0.1) is 5.69 Å². The average molecular weight is 262 g/mol. The number of hydrazine groups is 1. The molecule has 0 heterocycles. The van der Waals surface area contributed by atoms with Gasteiger partial charge in [-0.05, 0) is 46.7 Å². The summed E-state index contributed by atoms with van der Waals surface area (Å²) in [6, 6.07) is 6.22. The highest BCUT2D eigenvalue weighted by Gasteiger charge is 1.96. The Balaban J connectivity index is 2.99. The summed E-state index contributed by atoms with van der Waals surface area (Å²) in [6.45, 7) is 2.14. The Hall–Kier alpha value is -0.290. The molecule has 11 heavy (non-hydrogen) atoms. The lowest BCUT2D eigenvalue weighted by atomic mass is 10.2. The third kappa shape index (κ3) is 2.07. The lowest BCUT2D eigenvalue weighted by Crippen LogP contribution is -2.08. The number of halogens is 1. The van der Waals surface area contributed by atoms with Crippen molar-refractivity contribution in [1.29, 1.82) is 0 Å². The topological polar surface area (TPSA) is 38.0 Å². The Morgan fingerprint density at radius 2 is 2.27 bits per heavy atom. The van der Waals surface area contributed by atoms with E-state index in [0.717, 1.165) is 12.1 Å². The first-order chi connectivity index (χ1) is 5.27. The van der Waals surface area contributed by atoms with Gasteiger partial charge in [-0.3, -0.25) is 5.84 Å². The smallest absolute Gasteiger partial charge is 0.0618 e. The van der Waals surface area contributed by atoms with E-state index in [9.17, 15) is 0 Å². The summed E-state index contributed by atoms with van der Waals surface area (Å²) in [6.07, 6.45) is 1.07. The quantitative estimate of drug-likeness (QED) is 0.487. The molecular weight excluding hydrogens is 251 g/mol. The highest BCUT2D eigenvalue weighted by molar-refractivity contribution is 14.1. The minimum absolute atomic E-state index is 0.989. The maximum Gasteiger partial charge on any atom is 0.0618 e. The highest BCUT2D eigenvalue weighted by atomic mass is 127. The average Bonchev–Trinajstić information content (AvgIpc) is 2.04. The second-order valence-electron chi connectivity index (χ2n) is 2.31. The van der Waals surface area contributed by atoms with E-state index in [-0.39, 0.29) is 0 Å². The molecule has 0 unspecified atom stereocenters. The van der Waals surface area contributed by atoms with Crippen molar-refractivity contribution in [1.82, 2.24) is 0 Å². The van der Waals surface area contributed by atoms with E-state index in [1.165, 1.54) is 9.13 Å². The van der Waals surface area contributed by atoms with E-state index < -0.39 is 0 Å². The zero-order valence-corrected chi connectivity index (χ0v) is 8.55. The van der Waals surface area contributed by atoms with Gasteiger partial charge < -0.3 is 5.43 Å². The standard InChI is InChI=1S/C8H11IN2/c1-2-6-3-4-8(11-10)7(9)5-6/h3-5,11H,2,10H2,1H3. The van der Waals surface area contributed by atoms with Crippen molar-refractivity contribution >= 4 is 28.3 Å². The van der Waals surface area contributed by atoms with Crippen molar-refractivity contribution in [3.63, 3.8) is 0 Å². The molecule has 2 nitrogen and oxygen atoms in total. The van der Waals surface area contributed by atoms with Gasteiger partial charge >= 0.3 is 0 Å². The molecule has 0 aliphatic heterocycles. The first-order valence-corrected chi connectivity index (χ1v) is 4.61. The summed E-state index contributed by atoms with van der Waals surface area (Å²) in [5.41, 5.74) is 4.97. The molecule has 0 radical (unpaired) electrons. The second kappa shape index (κ2) is 3.92. The first-order valence-electron chi connectivity index (χ1n) is 3.53. The SMILES string of the molecule is CCc1ccc(NN)c(I)c1. The van der Waals surface area contributed by atoms with Crippen molar-refractivity contribution < 1.29 is 0 Å². The summed E-state index contributed by atoms with van der Waals surface area (Å²) >= 11 is 2.27. The molecule has 0 spiro atoms. The van der Waals surface area contributed by atoms with Crippen LogP contribution in [0.2, 0.25) is 0 Å². The number of hydrogen-bond donors (Lipinski definition) is 2. The zero-order valence-electron chi connectivity index (χ0n) is 6.39. The third-order valence-electron chi connectivity index (χ3n) is 1.60. The fourth-order valence-corrected chi connectivity index (χ4v) is 1.63. The molecule has 60 valence electrons. The first kappa shape index (κ1) is 8.80. The number of rotatable bonds is 2. The van der Waals surface area contributed by atoms with Gasteiger partial charge in [0.1, 0.15) is 0 Å². The second-order valence-corrected chi connectivity index (χ2v) is 3.47. The molecule has 1 rings (SSSR count). The molecule has 1 aromatic carbocycles. The van der Waals surface area contributed by atoms with Crippen molar-refractivity contribution in [2.75, 3.05) is 5.43 Å². The summed E-state index contributed by atoms with van der Waals surface area (Å²) in [5.74, 6) is 5.29. The van der Waals surface area contributed by atoms with Gasteiger partial charge in [0, 0.05) is 3.57 Å². The molecule has 0 atom stereocenters. The summed E-state index contributed by atoms with van der Waals surface area (Å²) < 4.78 is 1.17. The van der Waals surface area contributed by atoms with E-state index >= 15 is 0 Å². The Morgan fingerprint density at radius 3 is 2.73 bits per heavy atom. The van der Waals surface area contributed by atoms with Crippen LogP contribution < -0.4 is 11.3 Å². The molecule has 3 heteroatoms. The Morgan fingerprint density at radius 1 is 1.55 bits per heavy atom. The monoisotopic (exact) mass is 262 g/mol. The molecule has 0 amide bonds. The zero-order chi connectivity index (χ0) is 8.27. The normalized spacial score (nSPS) is 9.73. The number of hydrogen-bond acceptors (Lipinski definition) is 2. The van der Waals surface area contributed by atoms with Crippen LogP contribution in [0.3, 0.4) is 0 Å². The number of nitrogens with two attached hydrogens (primary N) is 1. The van der Waals surface area contributed by atoms with Gasteiger partial charge in [-0.15, -0.1) is 0 Å². The Bertz CT molecular complexity index is 248. The fraction of sp³-hybridized carbons (Fsp3) is 0.250. The number of nitrogen functional groups attached to an aromatic ring is 1. The van der Waals surface area contributed by atoms with Crippen LogP contribution in [0.15, 0.2) is 18.2 Å². The molecule has 0 bridgehead atoms. The number of benzene rings is 1. The van der Waals surface area contributed by atoms with Crippen LogP contribution in [-0.4, -0.2) is 0 Å². The van der Waals surface area contributed by atoms with Gasteiger partial charge in [0.2, 0.25) is 0 Å². The predicted molar refractivity (Wildman–Crippen MR) is 56.3 cm³/mol. The van der Waals surface area contributed by atoms with Gasteiger partial charge in [0.15, 0.2) is 0 Å². The minimum atomic E-state index is 0.989. The van der Waals surface area contributed by atoms with Crippen molar-refractivity contribution in [2.24, 2.45) is 5.84 Å². The lowest BCUT2D eigenvalue weighted by Gasteiger charge is -2.04. The van der Waals surface area contributed by atoms with E-state index in [4.69, 9.17) is 5.84 Å². The summed E-state index contributed by atoms with van der Waals surface area (Å²) in [4.78, 5) is 0. The van der Waals surface area contributed by atoms with Crippen LogP contribution in [0.4, 0.5) is 5.69 Å². The maximum absolute atomic E-state index is 5.29. The largest absolute Gasteiger partial charge is 0.323 e. The lowest BCUT2D eigenvalue weighted by molar-refractivity contribution is 1.13. The van der Waals surface area contributed by atoms with Crippen molar-refractivity contribution in [3.05, 3.63) is 27.3 Å². The molecule has 0 saturated heterocycles. The molecule has 0 saturated carbocycles. The van der Waals surface area contributed by atoms with E-state index in [0.29, 0.717) is 0 Å². The van der Waals surface area contributed by atoms with Gasteiger partial charge in [-0.25, -0.2) is 0 Å². The van der Waals surface area contributed by atoms with Crippen molar-refractivity contribution in [3.8, 4) is 0 Å². The third-order valence-corrected chi connectivity index (χ3v) is 2.49. The predicted octanol–water partition coefficient (Wildman–Crippen LogP) is 2.14. The van der Waals surface area contributed by atoms with E-state index in [1.807, 2.05) is 6.07 Å². The molecule has 0 aliphatic carbocycles. The Labute approximate surface area is 80.3 Å². The van der Waals surface area contributed by atoms with Crippen LogP contribution >= 0.6 is 22.6 Å². The highest BCUT2D eigenvalue weighted by Crippen LogP contribution is 2.18. The molecule has 1 aromatic rings. The van der Waals surface area contributed by atoms with Crippen LogP contribution in [0, 0.1) is 3.57 Å². The van der Waals surface area contributed by atoms with Gasteiger partial charge in [-0.2, -0.15) is 0 Å². The van der Waals surface area contributed by atoms with E-state index in [2.05, 4.69) is 47.1 Å². The fourth-order valence-electron chi connectivity index (χ4n) is 0.896. The maximum atomic E-state index is 5.29. The molecule has 0 aliphatic rings. The Kier molecular flexibility index (Phi) is 3.14. The number of anilines is 1. The van der Waals surface area contributed by atoms with Crippen molar-refractivity contribution in [2.45, 2.75) is 13.3 Å².